The summed E-state index contributed by atoms with van der Waals surface area (Å²) in [5, 5.41) is 3.71. The Kier molecular flexibility index (Phi) is 6.47. The molecule has 5 heteroatoms. The van der Waals surface area contributed by atoms with E-state index >= 15 is 0 Å². The second-order valence-electron chi connectivity index (χ2n) is 4.40. The first-order valence-electron chi connectivity index (χ1n) is 5.98. The fourth-order valence-electron chi connectivity index (χ4n) is 1.60. The van der Waals surface area contributed by atoms with Crippen molar-refractivity contribution in [1.29, 1.82) is 0 Å². The van der Waals surface area contributed by atoms with E-state index in [1.54, 1.807) is 18.2 Å². The van der Waals surface area contributed by atoms with Gasteiger partial charge in [0.25, 0.3) is 0 Å². The maximum absolute atomic E-state index is 11.7. The van der Waals surface area contributed by atoms with Gasteiger partial charge in [0.15, 0.2) is 0 Å². The minimum Gasteiger partial charge on any atom is -0.330 e. The Bertz CT molecular complexity index is 410. The van der Waals surface area contributed by atoms with Crippen LogP contribution < -0.4 is 11.1 Å². The van der Waals surface area contributed by atoms with E-state index in [2.05, 4.69) is 12.2 Å². The van der Waals surface area contributed by atoms with Gasteiger partial charge in [0, 0.05) is 12.1 Å². The number of rotatable bonds is 6. The lowest BCUT2D eigenvalue weighted by Gasteiger charge is -2.10. The molecule has 1 aromatic carbocycles. The van der Waals surface area contributed by atoms with E-state index in [9.17, 15) is 4.79 Å². The summed E-state index contributed by atoms with van der Waals surface area (Å²) in [7, 11) is 0. The molecular formula is C13H18Cl2N2O. The second kappa shape index (κ2) is 7.62. The van der Waals surface area contributed by atoms with Crippen LogP contribution in [0.1, 0.15) is 26.2 Å². The Morgan fingerprint density at radius 1 is 1.33 bits per heavy atom. The van der Waals surface area contributed by atoms with Gasteiger partial charge in [0.2, 0.25) is 5.91 Å². The van der Waals surface area contributed by atoms with Crippen LogP contribution in [0, 0.1) is 5.92 Å². The molecule has 0 saturated heterocycles. The van der Waals surface area contributed by atoms with E-state index in [0.29, 0.717) is 34.6 Å². The first-order valence-corrected chi connectivity index (χ1v) is 6.73. The summed E-state index contributed by atoms with van der Waals surface area (Å²) < 4.78 is 0. The van der Waals surface area contributed by atoms with Crippen LogP contribution in [-0.4, -0.2) is 12.5 Å². The highest BCUT2D eigenvalue weighted by molar-refractivity contribution is 6.42. The highest BCUT2D eigenvalue weighted by Crippen LogP contribution is 2.25. The molecule has 0 radical (unpaired) electrons. The molecule has 1 atom stereocenters. The molecule has 0 aliphatic carbocycles. The molecule has 0 aliphatic rings. The third kappa shape index (κ3) is 5.25. The number of nitrogens with two attached hydrogens (primary N) is 1. The Labute approximate surface area is 118 Å². The van der Waals surface area contributed by atoms with Gasteiger partial charge in [-0.25, -0.2) is 0 Å². The predicted octanol–water partition coefficient (Wildman–Crippen LogP) is 3.70. The van der Waals surface area contributed by atoms with Gasteiger partial charge in [-0.05, 0) is 43.5 Å². The normalized spacial score (nSPS) is 12.2. The first-order chi connectivity index (χ1) is 8.52. The quantitative estimate of drug-likeness (QED) is 0.839. The molecule has 1 rings (SSSR count). The van der Waals surface area contributed by atoms with Crippen LogP contribution in [0.15, 0.2) is 18.2 Å². The number of amides is 1. The Morgan fingerprint density at radius 2 is 2.06 bits per heavy atom. The van der Waals surface area contributed by atoms with Gasteiger partial charge >= 0.3 is 0 Å². The van der Waals surface area contributed by atoms with Crippen LogP contribution in [0.3, 0.4) is 0 Å². The van der Waals surface area contributed by atoms with Crippen molar-refractivity contribution in [3.63, 3.8) is 0 Å². The van der Waals surface area contributed by atoms with Crippen molar-refractivity contribution in [2.24, 2.45) is 11.7 Å². The highest BCUT2D eigenvalue weighted by atomic mass is 35.5. The van der Waals surface area contributed by atoms with Gasteiger partial charge < -0.3 is 11.1 Å². The molecular weight excluding hydrogens is 271 g/mol. The van der Waals surface area contributed by atoms with E-state index < -0.39 is 0 Å². The lowest BCUT2D eigenvalue weighted by Crippen LogP contribution is -2.14. The summed E-state index contributed by atoms with van der Waals surface area (Å²) >= 11 is 11.7. The smallest absolute Gasteiger partial charge is 0.224 e. The maximum atomic E-state index is 11.7. The number of hydrogen-bond acceptors (Lipinski definition) is 2. The third-order valence-corrected chi connectivity index (χ3v) is 3.47. The minimum atomic E-state index is -0.0164. The van der Waals surface area contributed by atoms with Gasteiger partial charge in [0.1, 0.15) is 0 Å². The molecule has 0 fully saturated rings. The van der Waals surface area contributed by atoms with Gasteiger partial charge in [-0.2, -0.15) is 0 Å². The van der Waals surface area contributed by atoms with Crippen molar-refractivity contribution < 1.29 is 4.79 Å². The van der Waals surface area contributed by atoms with E-state index in [0.717, 1.165) is 12.8 Å². The van der Waals surface area contributed by atoms with Crippen LogP contribution in [0.4, 0.5) is 5.69 Å². The molecule has 0 spiro atoms. The van der Waals surface area contributed by atoms with Crippen LogP contribution >= 0.6 is 23.2 Å². The summed E-state index contributed by atoms with van der Waals surface area (Å²) in [6, 6.07) is 5.04. The van der Waals surface area contributed by atoms with E-state index in [-0.39, 0.29) is 5.91 Å². The van der Waals surface area contributed by atoms with Crippen molar-refractivity contribution in [1.82, 2.24) is 0 Å². The average Bonchev–Trinajstić information content (AvgIpc) is 2.32. The summed E-state index contributed by atoms with van der Waals surface area (Å²) in [4.78, 5) is 11.7. The molecule has 3 N–H and O–H groups in total. The summed E-state index contributed by atoms with van der Waals surface area (Å²) in [6.07, 6.45) is 2.27. The fraction of sp³-hybridized carbons (Fsp3) is 0.462. The number of halogens is 2. The van der Waals surface area contributed by atoms with Crippen LogP contribution in [-0.2, 0) is 4.79 Å². The molecule has 0 aromatic heterocycles. The van der Waals surface area contributed by atoms with Crippen molar-refractivity contribution in [3.05, 3.63) is 28.2 Å². The first kappa shape index (κ1) is 15.3. The molecule has 0 aliphatic heterocycles. The Balaban J connectivity index is 2.42. The zero-order valence-corrected chi connectivity index (χ0v) is 11.9. The lowest BCUT2D eigenvalue weighted by molar-refractivity contribution is -0.116. The van der Waals surface area contributed by atoms with E-state index in [1.807, 2.05) is 0 Å². The van der Waals surface area contributed by atoms with Gasteiger partial charge in [0.05, 0.1) is 10.0 Å². The molecule has 100 valence electrons. The van der Waals surface area contributed by atoms with E-state index in [4.69, 9.17) is 28.9 Å². The van der Waals surface area contributed by atoms with Gasteiger partial charge in [-0.3, -0.25) is 4.79 Å². The zero-order chi connectivity index (χ0) is 13.5. The summed E-state index contributed by atoms with van der Waals surface area (Å²) in [5.74, 6) is 0.451. The zero-order valence-electron chi connectivity index (χ0n) is 10.4. The van der Waals surface area contributed by atoms with Crippen LogP contribution in [0.5, 0.6) is 0 Å². The molecule has 0 saturated carbocycles. The van der Waals surface area contributed by atoms with Crippen molar-refractivity contribution in [2.45, 2.75) is 26.2 Å². The number of anilines is 1. The predicted molar refractivity (Wildman–Crippen MR) is 77.2 cm³/mol. The number of hydrogen-bond donors (Lipinski definition) is 2. The van der Waals surface area contributed by atoms with Crippen molar-refractivity contribution in [2.75, 3.05) is 11.9 Å². The van der Waals surface area contributed by atoms with E-state index in [1.165, 1.54) is 0 Å². The monoisotopic (exact) mass is 288 g/mol. The molecule has 1 unspecified atom stereocenters. The molecule has 0 heterocycles. The standard InChI is InChI=1S/C13H18Cl2N2O/c1-9(6-7-16)2-5-13(18)17-10-3-4-11(14)12(15)8-10/h3-4,8-9H,2,5-7,16H2,1H3,(H,17,18). The highest BCUT2D eigenvalue weighted by Gasteiger charge is 2.07. The second-order valence-corrected chi connectivity index (χ2v) is 5.21. The summed E-state index contributed by atoms with van der Waals surface area (Å²) in [6.45, 7) is 2.76. The Hall–Kier alpha value is -0.770. The molecule has 3 nitrogen and oxygen atoms in total. The number of benzene rings is 1. The number of carbonyl (C=O) groups excluding carboxylic acids is 1. The topological polar surface area (TPSA) is 55.1 Å². The van der Waals surface area contributed by atoms with Gasteiger partial charge in [-0.15, -0.1) is 0 Å². The lowest BCUT2D eigenvalue weighted by atomic mass is 10.0. The minimum absolute atomic E-state index is 0.0164. The Morgan fingerprint density at radius 3 is 2.67 bits per heavy atom. The summed E-state index contributed by atoms with van der Waals surface area (Å²) in [5.41, 5.74) is 6.13. The number of carbonyl (C=O) groups is 1. The van der Waals surface area contributed by atoms with Crippen molar-refractivity contribution in [3.8, 4) is 0 Å². The molecule has 0 bridgehead atoms. The molecule has 18 heavy (non-hydrogen) atoms. The largest absolute Gasteiger partial charge is 0.330 e. The maximum Gasteiger partial charge on any atom is 0.224 e. The SMILES string of the molecule is CC(CCN)CCC(=O)Nc1ccc(Cl)c(Cl)c1. The van der Waals surface area contributed by atoms with Crippen LogP contribution in [0.25, 0.3) is 0 Å². The number of nitrogens with one attached hydrogen (secondary N) is 1. The molecule has 1 amide bonds. The van der Waals surface area contributed by atoms with Crippen molar-refractivity contribution >= 4 is 34.8 Å². The third-order valence-electron chi connectivity index (χ3n) is 2.73. The fourth-order valence-corrected chi connectivity index (χ4v) is 1.90. The average molecular weight is 289 g/mol. The van der Waals surface area contributed by atoms with Gasteiger partial charge in [-0.1, -0.05) is 30.1 Å². The molecule has 1 aromatic rings. The van der Waals surface area contributed by atoms with Crippen LogP contribution in [0.2, 0.25) is 10.0 Å².